The molecule has 0 N–H and O–H groups in total. The summed E-state index contributed by atoms with van der Waals surface area (Å²) in [5.74, 6) is 0.564. The van der Waals surface area contributed by atoms with Crippen LogP contribution in [-0.2, 0) is 9.53 Å². The predicted octanol–water partition coefficient (Wildman–Crippen LogP) is 3.34. The monoisotopic (exact) mass is 310 g/mol. The smallest absolute Gasteiger partial charge is 0.316 e. The van der Waals surface area contributed by atoms with Crippen LogP contribution in [0.5, 0.6) is 5.75 Å². The van der Waals surface area contributed by atoms with Gasteiger partial charge in [-0.05, 0) is 52.0 Å². The fraction of sp³-hybridized carbons (Fsp3) is 0.500. The Kier molecular flexibility index (Phi) is 6.27. The third-order valence-corrected chi connectivity index (χ3v) is 3.73. The lowest BCUT2D eigenvalue weighted by molar-refractivity contribution is -0.151. The summed E-state index contributed by atoms with van der Waals surface area (Å²) in [6, 6.07) is 6.95. The molecule has 1 unspecified atom stereocenters. The lowest BCUT2D eigenvalue weighted by Gasteiger charge is -2.19. The first-order valence-corrected chi connectivity index (χ1v) is 7.79. The summed E-state index contributed by atoms with van der Waals surface area (Å²) in [6.45, 7) is 7.26. The van der Waals surface area contributed by atoms with Gasteiger partial charge in [0.15, 0.2) is 5.78 Å². The van der Waals surface area contributed by atoms with Crippen LogP contribution >= 0.6 is 11.8 Å². The molecule has 0 aliphatic carbocycles. The van der Waals surface area contributed by atoms with E-state index in [4.69, 9.17) is 9.47 Å². The second kappa shape index (κ2) is 7.50. The van der Waals surface area contributed by atoms with E-state index in [0.717, 1.165) is 0 Å². The van der Waals surface area contributed by atoms with E-state index >= 15 is 0 Å². The third-order valence-electron chi connectivity index (χ3n) is 2.61. The van der Waals surface area contributed by atoms with Crippen molar-refractivity contribution in [1.29, 1.82) is 0 Å². The highest BCUT2D eigenvalue weighted by Gasteiger charge is 2.20. The van der Waals surface area contributed by atoms with Crippen LogP contribution in [0.15, 0.2) is 24.3 Å². The van der Waals surface area contributed by atoms with Gasteiger partial charge in [0.05, 0.1) is 18.1 Å². The number of esters is 1. The summed E-state index contributed by atoms with van der Waals surface area (Å²) in [7, 11) is 1.58. The van der Waals surface area contributed by atoms with Crippen molar-refractivity contribution in [3.63, 3.8) is 0 Å². The summed E-state index contributed by atoms with van der Waals surface area (Å²) in [6.07, 6.45) is 0. The number of ketones is 1. The van der Waals surface area contributed by atoms with E-state index in [1.165, 1.54) is 11.8 Å². The molecule has 0 heterocycles. The Morgan fingerprint density at radius 3 is 2.24 bits per heavy atom. The summed E-state index contributed by atoms with van der Waals surface area (Å²) in [5, 5.41) is -0.300. The number of carbonyl (C=O) groups is 2. The van der Waals surface area contributed by atoms with Gasteiger partial charge in [0.1, 0.15) is 11.4 Å². The maximum Gasteiger partial charge on any atom is 0.316 e. The highest BCUT2D eigenvalue weighted by molar-refractivity contribution is 8.01. The molecule has 1 aromatic carbocycles. The molecule has 0 aliphatic rings. The molecule has 1 rings (SSSR count). The van der Waals surface area contributed by atoms with Crippen LogP contribution in [0, 0.1) is 0 Å². The number of ether oxygens (including phenoxy) is 2. The highest BCUT2D eigenvalue weighted by atomic mass is 32.2. The average Bonchev–Trinajstić information content (AvgIpc) is 2.42. The lowest BCUT2D eigenvalue weighted by atomic mass is 10.1. The van der Waals surface area contributed by atoms with Gasteiger partial charge in [0.2, 0.25) is 0 Å². The van der Waals surface area contributed by atoms with Crippen molar-refractivity contribution in [1.82, 2.24) is 0 Å². The van der Waals surface area contributed by atoms with E-state index in [1.807, 2.05) is 20.8 Å². The molecule has 1 atom stereocenters. The van der Waals surface area contributed by atoms with Crippen LogP contribution in [0.4, 0.5) is 0 Å². The molecule has 0 bridgehead atoms. The molecule has 0 aromatic heterocycles. The third kappa shape index (κ3) is 6.21. The normalized spacial score (nSPS) is 12.6. The Hall–Kier alpha value is -1.49. The quantitative estimate of drug-likeness (QED) is 0.596. The summed E-state index contributed by atoms with van der Waals surface area (Å²) < 4.78 is 10.3. The van der Waals surface area contributed by atoms with Gasteiger partial charge in [-0.2, -0.15) is 0 Å². The van der Waals surface area contributed by atoms with E-state index in [0.29, 0.717) is 11.3 Å². The molecule has 0 radical (unpaired) electrons. The van der Waals surface area contributed by atoms with E-state index in [1.54, 1.807) is 38.3 Å². The van der Waals surface area contributed by atoms with Gasteiger partial charge in [-0.3, -0.25) is 9.59 Å². The Balaban J connectivity index is 2.52. The number of rotatable bonds is 6. The van der Waals surface area contributed by atoms with Crippen molar-refractivity contribution >= 4 is 23.5 Å². The van der Waals surface area contributed by atoms with Crippen LogP contribution < -0.4 is 4.74 Å². The zero-order valence-corrected chi connectivity index (χ0v) is 14.0. The Bertz CT molecular complexity index is 488. The molecule has 0 amide bonds. The molecule has 21 heavy (non-hydrogen) atoms. The Labute approximate surface area is 130 Å². The molecule has 0 saturated heterocycles. The Morgan fingerprint density at radius 2 is 1.76 bits per heavy atom. The van der Waals surface area contributed by atoms with E-state index in [2.05, 4.69) is 0 Å². The maximum atomic E-state index is 12.2. The van der Waals surface area contributed by atoms with Crippen molar-refractivity contribution < 1.29 is 19.1 Å². The summed E-state index contributed by atoms with van der Waals surface area (Å²) >= 11 is 1.28. The van der Waals surface area contributed by atoms with E-state index in [9.17, 15) is 9.59 Å². The van der Waals surface area contributed by atoms with Gasteiger partial charge in [0, 0.05) is 5.56 Å². The van der Waals surface area contributed by atoms with Crippen molar-refractivity contribution in [2.45, 2.75) is 38.5 Å². The standard InChI is InChI=1S/C16H22O4S/c1-11(21-10-14(17)20-16(2,3)4)15(18)12-6-8-13(19-5)9-7-12/h6-9,11H,10H2,1-5H3. The minimum absolute atomic E-state index is 0.00814. The fourth-order valence-corrected chi connectivity index (χ4v) is 2.36. The fourth-order valence-electron chi connectivity index (χ4n) is 1.63. The average molecular weight is 310 g/mol. The largest absolute Gasteiger partial charge is 0.497 e. The molecule has 5 heteroatoms. The van der Waals surface area contributed by atoms with Gasteiger partial charge in [-0.15, -0.1) is 11.8 Å². The topological polar surface area (TPSA) is 52.6 Å². The zero-order chi connectivity index (χ0) is 16.0. The first-order chi connectivity index (χ1) is 9.73. The van der Waals surface area contributed by atoms with Crippen LogP contribution in [-0.4, -0.2) is 35.5 Å². The van der Waals surface area contributed by atoms with Gasteiger partial charge in [0.25, 0.3) is 0 Å². The first kappa shape index (κ1) is 17.6. The second-order valence-electron chi connectivity index (χ2n) is 5.63. The number of thioether (sulfide) groups is 1. The maximum absolute atomic E-state index is 12.2. The van der Waals surface area contributed by atoms with Gasteiger partial charge >= 0.3 is 5.97 Å². The molecule has 1 aromatic rings. The Morgan fingerprint density at radius 1 is 1.19 bits per heavy atom. The molecule has 0 spiro atoms. The SMILES string of the molecule is COc1ccc(C(=O)C(C)SCC(=O)OC(C)(C)C)cc1. The molecule has 0 saturated carbocycles. The minimum atomic E-state index is -0.499. The molecular formula is C16H22O4S. The van der Waals surface area contributed by atoms with Crippen LogP contribution in [0.3, 0.4) is 0 Å². The highest BCUT2D eigenvalue weighted by Crippen LogP contribution is 2.19. The van der Waals surface area contributed by atoms with Gasteiger partial charge in [-0.1, -0.05) is 0 Å². The van der Waals surface area contributed by atoms with E-state index < -0.39 is 5.60 Å². The van der Waals surface area contributed by atoms with Crippen LogP contribution in [0.25, 0.3) is 0 Å². The number of hydrogen-bond donors (Lipinski definition) is 0. The first-order valence-electron chi connectivity index (χ1n) is 6.74. The molecule has 4 nitrogen and oxygen atoms in total. The van der Waals surface area contributed by atoms with Gasteiger partial charge < -0.3 is 9.47 Å². The summed E-state index contributed by atoms with van der Waals surface area (Å²) in [5.41, 5.74) is 0.112. The number of Topliss-reactive ketones (excluding diaryl/α,β-unsaturated/α-hetero) is 1. The molecule has 0 fully saturated rings. The van der Waals surface area contributed by atoms with Crippen molar-refractivity contribution in [3.8, 4) is 5.75 Å². The number of methoxy groups -OCH3 is 1. The number of carbonyl (C=O) groups excluding carboxylic acids is 2. The predicted molar refractivity (Wildman–Crippen MR) is 85.1 cm³/mol. The summed E-state index contributed by atoms with van der Waals surface area (Å²) in [4.78, 5) is 23.9. The van der Waals surface area contributed by atoms with Gasteiger partial charge in [-0.25, -0.2) is 0 Å². The van der Waals surface area contributed by atoms with Crippen molar-refractivity contribution in [2.75, 3.05) is 12.9 Å². The second-order valence-corrected chi connectivity index (χ2v) is 6.96. The number of hydrogen-bond acceptors (Lipinski definition) is 5. The molecule has 0 aliphatic heterocycles. The minimum Gasteiger partial charge on any atom is -0.497 e. The zero-order valence-electron chi connectivity index (χ0n) is 13.1. The van der Waals surface area contributed by atoms with Crippen LogP contribution in [0.2, 0.25) is 0 Å². The van der Waals surface area contributed by atoms with Crippen molar-refractivity contribution in [3.05, 3.63) is 29.8 Å². The van der Waals surface area contributed by atoms with Crippen molar-refractivity contribution in [2.24, 2.45) is 0 Å². The molecule has 116 valence electrons. The number of benzene rings is 1. The molecular weight excluding hydrogens is 288 g/mol. The van der Waals surface area contributed by atoms with E-state index in [-0.39, 0.29) is 22.8 Å². The lowest BCUT2D eigenvalue weighted by Crippen LogP contribution is -2.26. The van der Waals surface area contributed by atoms with Crippen LogP contribution in [0.1, 0.15) is 38.1 Å².